The van der Waals surface area contributed by atoms with Crippen LogP contribution >= 0.6 is 0 Å². The number of benzene rings is 1. The number of carbonyl (C=O) groups is 1. The number of hydrogen-bond acceptors (Lipinski definition) is 4. The van der Waals surface area contributed by atoms with Gasteiger partial charge in [-0.15, -0.1) is 0 Å². The van der Waals surface area contributed by atoms with E-state index in [0.717, 1.165) is 0 Å². The molecular weight excluding hydrogens is 315 g/mol. The van der Waals surface area contributed by atoms with Crippen molar-refractivity contribution >= 4 is 19.0 Å². The summed E-state index contributed by atoms with van der Waals surface area (Å²) in [6, 6.07) is 1.87. The van der Waals surface area contributed by atoms with Crippen molar-refractivity contribution in [3.05, 3.63) is 40.4 Å². The zero-order valence-electron chi connectivity index (χ0n) is 14.6. The number of nitrogens with two attached hydrogens (primary N) is 1. The molecule has 4 nitrogen and oxygen atoms in total. The highest BCUT2D eigenvalue weighted by molar-refractivity contribution is 6.55. The molecule has 7 heteroatoms. The van der Waals surface area contributed by atoms with Crippen LogP contribution in [0, 0.1) is 11.6 Å². The molecule has 1 aliphatic rings. The Morgan fingerprint density at radius 1 is 1.17 bits per heavy atom. The first kappa shape index (κ1) is 18.8. The average molecular weight is 337 g/mol. The van der Waals surface area contributed by atoms with Gasteiger partial charge in [0, 0.05) is 18.2 Å². The van der Waals surface area contributed by atoms with E-state index in [2.05, 4.69) is 0 Å². The molecule has 130 valence electrons. The van der Waals surface area contributed by atoms with E-state index in [-0.39, 0.29) is 17.7 Å². The molecule has 1 aromatic carbocycles. The van der Waals surface area contributed by atoms with E-state index in [1.54, 1.807) is 0 Å². The smallest absolute Gasteiger partial charge is 0.400 e. The standard InChI is InChI=1S/C17H22BF2NO3/c1-10(22)13-7-11(14(19)8-15(13)20)6-12(9-21)18-23-16(2,3)17(4,5)24-18/h6-8H,9,21H2,1-5H3. The van der Waals surface area contributed by atoms with Crippen molar-refractivity contribution in [1.29, 1.82) is 0 Å². The molecule has 24 heavy (non-hydrogen) atoms. The summed E-state index contributed by atoms with van der Waals surface area (Å²) < 4.78 is 39.5. The Hall–Kier alpha value is -1.57. The molecule has 0 aromatic heterocycles. The Bertz CT molecular complexity index is 685. The van der Waals surface area contributed by atoms with Crippen LogP contribution in [-0.2, 0) is 9.31 Å². The second kappa shape index (κ2) is 6.39. The highest BCUT2D eigenvalue weighted by Gasteiger charge is 2.52. The molecule has 0 amide bonds. The molecule has 0 unspecified atom stereocenters. The second-order valence-corrected chi connectivity index (χ2v) is 6.92. The third-order valence-electron chi connectivity index (χ3n) is 4.60. The van der Waals surface area contributed by atoms with Crippen LogP contribution in [0.2, 0.25) is 0 Å². The Morgan fingerprint density at radius 3 is 2.17 bits per heavy atom. The quantitative estimate of drug-likeness (QED) is 0.677. The molecule has 1 saturated heterocycles. The minimum absolute atomic E-state index is 0.0664. The maximum atomic E-state index is 14.1. The predicted molar refractivity (Wildman–Crippen MR) is 89.5 cm³/mol. The summed E-state index contributed by atoms with van der Waals surface area (Å²) in [7, 11) is -0.731. The molecule has 0 spiro atoms. The first-order chi connectivity index (χ1) is 11.0. The molecule has 0 atom stereocenters. The zero-order chi connectivity index (χ0) is 18.3. The Morgan fingerprint density at radius 2 is 1.71 bits per heavy atom. The van der Waals surface area contributed by atoms with Crippen molar-refractivity contribution < 1.29 is 22.9 Å². The number of halogens is 2. The predicted octanol–water partition coefficient (Wildman–Crippen LogP) is 3.14. The van der Waals surface area contributed by atoms with Gasteiger partial charge in [-0.1, -0.05) is 6.08 Å². The van der Waals surface area contributed by atoms with Gasteiger partial charge >= 0.3 is 7.12 Å². The lowest BCUT2D eigenvalue weighted by Crippen LogP contribution is -2.41. The Balaban J connectivity index is 2.42. The van der Waals surface area contributed by atoms with Gasteiger partial charge < -0.3 is 15.0 Å². The molecule has 0 saturated carbocycles. The third kappa shape index (κ3) is 3.43. The maximum Gasteiger partial charge on any atom is 0.491 e. The van der Waals surface area contributed by atoms with Crippen molar-refractivity contribution in [1.82, 2.24) is 0 Å². The van der Waals surface area contributed by atoms with Crippen LogP contribution < -0.4 is 5.73 Å². The molecule has 0 bridgehead atoms. The summed E-state index contributed by atoms with van der Waals surface area (Å²) in [4.78, 5) is 11.5. The third-order valence-corrected chi connectivity index (χ3v) is 4.60. The number of hydrogen-bond donors (Lipinski definition) is 1. The van der Waals surface area contributed by atoms with Crippen LogP contribution in [0.3, 0.4) is 0 Å². The van der Waals surface area contributed by atoms with Gasteiger partial charge in [0.25, 0.3) is 0 Å². The molecule has 1 aromatic rings. The number of rotatable bonds is 4. The van der Waals surface area contributed by atoms with Gasteiger partial charge in [-0.2, -0.15) is 0 Å². The summed E-state index contributed by atoms with van der Waals surface area (Å²) in [6.07, 6.45) is 1.45. The van der Waals surface area contributed by atoms with Gasteiger partial charge in [0.2, 0.25) is 0 Å². The van der Waals surface area contributed by atoms with Crippen LogP contribution in [-0.4, -0.2) is 30.6 Å². The van der Waals surface area contributed by atoms with Crippen molar-refractivity contribution in [3.63, 3.8) is 0 Å². The van der Waals surface area contributed by atoms with E-state index in [9.17, 15) is 13.6 Å². The molecule has 1 aliphatic heterocycles. The van der Waals surface area contributed by atoms with Crippen molar-refractivity contribution in [2.75, 3.05) is 6.54 Å². The topological polar surface area (TPSA) is 61.6 Å². The molecule has 1 heterocycles. The normalized spacial score (nSPS) is 19.7. The van der Waals surface area contributed by atoms with E-state index >= 15 is 0 Å². The van der Waals surface area contributed by atoms with Crippen molar-refractivity contribution in [3.8, 4) is 0 Å². The molecule has 2 rings (SSSR count). The monoisotopic (exact) mass is 337 g/mol. The lowest BCUT2D eigenvalue weighted by molar-refractivity contribution is 0.00578. The minimum atomic E-state index is -0.887. The van der Waals surface area contributed by atoms with E-state index in [0.29, 0.717) is 11.5 Å². The van der Waals surface area contributed by atoms with Crippen LogP contribution in [0.25, 0.3) is 6.08 Å². The van der Waals surface area contributed by atoms with Gasteiger partial charge in [-0.3, -0.25) is 4.79 Å². The maximum absolute atomic E-state index is 14.1. The lowest BCUT2D eigenvalue weighted by atomic mass is 9.77. The highest BCUT2D eigenvalue weighted by Crippen LogP contribution is 2.38. The van der Waals surface area contributed by atoms with Gasteiger partial charge in [-0.05, 0) is 46.2 Å². The zero-order valence-corrected chi connectivity index (χ0v) is 14.6. The second-order valence-electron chi connectivity index (χ2n) is 6.92. The SMILES string of the molecule is CC(=O)c1cc(C=C(CN)B2OC(C)(C)C(C)(C)O2)c(F)cc1F. The Labute approximate surface area is 141 Å². The molecule has 0 radical (unpaired) electrons. The summed E-state index contributed by atoms with van der Waals surface area (Å²) in [5.41, 5.74) is 5.05. The summed E-state index contributed by atoms with van der Waals surface area (Å²) in [5.74, 6) is -2.14. The molecule has 1 fully saturated rings. The fourth-order valence-corrected chi connectivity index (χ4v) is 2.36. The summed E-state index contributed by atoms with van der Waals surface area (Å²) in [5, 5.41) is 0. The van der Waals surface area contributed by atoms with Crippen molar-refractivity contribution in [2.24, 2.45) is 5.73 Å². The lowest BCUT2D eigenvalue weighted by Gasteiger charge is -2.32. The van der Waals surface area contributed by atoms with E-state index < -0.39 is 35.7 Å². The molecular formula is C17H22BF2NO3. The first-order valence-electron chi connectivity index (χ1n) is 7.74. The van der Waals surface area contributed by atoms with E-state index in [1.165, 1.54) is 19.1 Å². The fraction of sp³-hybridized carbons (Fsp3) is 0.471. The van der Waals surface area contributed by atoms with Gasteiger partial charge in [0.05, 0.1) is 16.8 Å². The number of ketones is 1. The van der Waals surface area contributed by atoms with Gasteiger partial charge in [0.1, 0.15) is 11.6 Å². The van der Waals surface area contributed by atoms with Crippen LogP contribution in [0.5, 0.6) is 0 Å². The van der Waals surface area contributed by atoms with Crippen LogP contribution in [0.1, 0.15) is 50.5 Å². The average Bonchev–Trinajstić information content (AvgIpc) is 2.66. The number of Topliss-reactive ketones (excluding diaryl/α,β-unsaturated/α-hetero) is 1. The summed E-state index contributed by atoms with van der Waals surface area (Å²) >= 11 is 0. The highest BCUT2D eigenvalue weighted by atomic mass is 19.1. The van der Waals surface area contributed by atoms with Crippen LogP contribution in [0.4, 0.5) is 8.78 Å². The molecule has 0 aliphatic carbocycles. The molecule has 2 N–H and O–H groups in total. The van der Waals surface area contributed by atoms with E-state index in [4.69, 9.17) is 15.0 Å². The minimum Gasteiger partial charge on any atom is -0.400 e. The first-order valence-corrected chi connectivity index (χ1v) is 7.74. The fourth-order valence-electron chi connectivity index (χ4n) is 2.36. The van der Waals surface area contributed by atoms with Crippen LogP contribution in [0.15, 0.2) is 17.6 Å². The number of carbonyl (C=O) groups excluding carboxylic acids is 1. The largest absolute Gasteiger partial charge is 0.491 e. The van der Waals surface area contributed by atoms with Gasteiger partial charge in [-0.25, -0.2) is 8.78 Å². The van der Waals surface area contributed by atoms with Crippen molar-refractivity contribution in [2.45, 2.75) is 45.8 Å². The van der Waals surface area contributed by atoms with E-state index in [1.807, 2.05) is 27.7 Å². The Kier molecular flexibility index (Phi) is 5.00. The van der Waals surface area contributed by atoms with Gasteiger partial charge in [0.15, 0.2) is 5.78 Å². The summed E-state index contributed by atoms with van der Waals surface area (Å²) in [6.45, 7) is 8.88.